The number of carbonyl (C=O) groups is 2. The van der Waals surface area contributed by atoms with E-state index in [1.54, 1.807) is 0 Å². The van der Waals surface area contributed by atoms with Gasteiger partial charge < -0.3 is 20.1 Å². The first-order valence-corrected chi connectivity index (χ1v) is 47.5. The normalized spacial score (nSPS) is 10.2. The van der Waals surface area contributed by atoms with Crippen LogP contribution in [0.1, 0.15) is 295 Å². The standard InChI is InChI=1S/C128H120N2O4/c1-95-31-51-105(52-32-95)71-81-115-117(83-73-107-55-35-97(3)36-56-107)121(87-77-111-63-43-101(7)44-64-111)127(122(88-78-112-65-45-102(8)46-66-112)118(115)84-74-108-57-37-98(4)38-58-108)133-93-27-21-17-13-11-15-19-23-29-125(131)129-91-25-26-92-130-126(132)30-24-20-16-12-14-18-22-28-94-134-128-123(89-79-113-67-47-103(9)48-68-113)119(85-75-109-59-39-99(5)40-60-109)116(82-72-106-53-33-96(2)34-54-106)120(86-76-110-61-41-100(6)42-62-110)124(128)90-80-114-69-49-104(10)50-70-114/h31-70H,11-30,91-94H2,1-10H3,(H,129,131)(H,130,132). The number of amides is 2. The molecule has 12 aromatic rings. The Morgan fingerprint density at radius 2 is 0.321 bits per heavy atom. The van der Waals surface area contributed by atoms with Gasteiger partial charge >= 0.3 is 0 Å². The molecule has 0 aliphatic heterocycles. The van der Waals surface area contributed by atoms with Crippen molar-refractivity contribution >= 4 is 11.8 Å². The van der Waals surface area contributed by atoms with Crippen molar-refractivity contribution in [3.63, 3.8) is 0 Å². The molecule has 0 saturated carbocycles. The number of benzene rings is 12. The molecule has 0 bridgehead atoms. The summed E-state index contributed by atoms with van der Waals surface area (Å²) in [6.45, 7) is 22.8. The smallest absolute Gasteiger partial charge is 0.219 e. The average Bonchev–Trinajstić information content (AvgIpc) is 0.765. The van der Waals surface area contributed by atoms with Gasteiger partial charge in [-0.05, 0) is 229 Å². The monoisotopic (exact) mass is 1750 g/mol. The van der Waals surface area contributed by atoms with Gasteiger partial charge in [0.25, 0.3) is 0 Å². The molecule has 2 N–H and O–H groups in total. The number of unbranched alkanes of at least 4 members (excludes halogenated alkanes) is 15. The van der Waals surface area contributed by atoms with Gasteiger partial charge in [-0.3, -0.25) is 9.59 Å². The molecule has 2 amide bonds. The second-order valence-electron chi connectivity index (χ2n) is 34.8. The van der Waals surface area contributed by atoms with Crippen molar-refractivity contribution in [2.75, 3.05) is 26.3 Å². The quantitative estimate of drug-likeness (QED) is 0.0362. The van der Waals surface area contributed by atoms with Crippen LogP contribution in [0.2, 0.25) is 0 Å². The molecular weight excluding hydrogens is 1630 g/mol. The Bertz CT molecular complexity index is 6010. The number of carbonyl (C=O) groups excluding carboxylic acids is 2. The van der Waals surface area contributed by atoms with Crippen molar-refractivity contribution in [1.82, 2.24) is 10.6 Å². The number of nitrogens with one attached hydrogen (secondary N) is 2. The van der Waals surface area contributed by atoms with Crippen LogP contribution < -0.4 is 20.1 Å². The highest BCUT2D eigenvalue weighted by Crippen LogP contribution is 2.37. The van der Waals surface area contributed by atoms with Gasteiger partial charge in [0.15, 0.2) is 11.5 Å². The summed E-state index contributed by atoms with van der Waals surface area (Å²) in [6, 6.07) is 82.3. The van der Waals surface area contributed by atoms with Crippen molar-refractivity contribution in [2.45, 2.75) is 198 Å². The minimum absolute atomic E-state index is 0.0879. The van der Waals surface area contributed by atoms with Crippen molar-refractivity contribution in [1.29, 1.82) is 0 Å². The highest BCUT2D eigenvalue weighted by molar-refractivity contribution is 5.81. The fraction of sp³-hybridized carbons (Fsp3) is 0.266. The van der Waals surface area contributed by atoms with Crippen molar-refractivity contribution in [3.05, 3.63) is 410 Å². The zero-order valence-corrected chi connectivity index (χ0v) is 79.7. The van der Waals surface area contributed by atoms with E-state index in [2.05, 4.69) is 320 Å². The number of rotatable bonds is 29. The molecule has 0 heterocycles. The van der Waals surface area contributed by atoms with Crippen LogP contribution in [0.15, 0.2) is 243 Å². The molecule has 12 rings (SSSR count). The van der Waals surface area contributed by atoms with Crippen LogP contribution in [0.4, 0.5) is 0 Å². The third kappa shape index (κ3) is 32.4. The Kier molecular flexibility index (Phi) is 38.4. The second-order valence-corrected chi connectivity index (χ2v) is 34.8. The van der Waals surface area contributed by atoms with Gasteiger partial charge in [0.2, 0.25) is 11.8 Å². The molecule has 12 aromatic carbocycles. The van der Waals surface area contributed by atoms with E-state index in [0.717, 1.165) is 227 Å². The van der Waals surface area contributed by atoms with E-state index in [-0.39, 0.29) is 11.8 Å². The van der Waals surface area contributed by atoms with Crippen LogP contribution in [-0.4, -0.2) is 38.1 Å². The van der Waals surface area contributed by atoms with E-state index < -0.39 is 0 Å². The summed E-state index contributed by atoms with van der Waals surface area (Å²) in [4.78, 5) is 25.9. The summed E-state index contributed by atoms with van der Waals surface area (Å²) in [5.41, 5.74) is 26.3. The third-order valence-corrected chi connectivity index (χ3v) is 23.1. The van der Waals surface area contributed by atoms with Gasteiger partial charge in [-0.15, -0.1) is 0 Å². The number of hydrogen-bond acceptors (Lipinski definition) is 4. The number of ether oxygens (including phenoxy) is 2. The van der Waals surface area contributed by atoms with Gasteiger partial charge in [0.1, 0.15) is 0 Å². The van der Waals surface area contributed by atoms with E-state index in [4.69, 9.17) is 9.47 Å². The molecule has 134 heavy (non-hydrogen) atoms. The fourth-order valence-corrected chi connectivity index (χ4v) is 14.8. The van der Waals surface area contributed by atoms with E-state index in [0.29, 0.717) is 106 Å². The maximum absolute atomic E-state index is 12.9. The van der Waals surface area contributed by atoms with Gasteiger partial charge in [-0.25, -0.2) is 0 Å². The van der Waals surface area contributed by atoms with Crippen LogP contribution in [-0.2, 0) is 9.59 Å². The number of aryl methyl sites for hydroxylation is 10. The predicted octanol–water partition coefficient (Wildman–Crippen LogP) is 26.3. The Labute approximate surface area is 799 Å². The Balaban J connectivity index is 0.598. The van der Waals surface area contributed by atoms with Gasteiger partial charge in [-0.1, -0.05) is 372 Å². The fourth-order valence-electron chi connectivity index (χ4n) is 14.8. The van der Waals surface area contributed by atoms with Crippen molar-refractivity contribution < 1.29 is 19.1 Å². The van der Waals surface area contributed by atoms with Crippen molar-refractivity contribution in [2.24, 2.45) is 0 Å². The van der Waals surface area contributed by atoms with Gasteiger partial charge in [0, 0.05) is 81.6 Å². The SMILES string of the molecule is Cc1ccc(C#Cc2c(C#Cc3ccc(C)cc3)c(C#Cc3ccc(C)cc3)c(OCCCCCCCCCCC(=O)NCCCCNC(=O)CCCCCCCCCCOc3c(C#Cc4ccc(C)cc4)c(C#Cc4ccc(C)cc4)c(C#Cc4ccc(C)cc4)c(C#Cc4ccc(C)cc4)c3C#Cc3ccc(C)cc3)c(C#Cc3ccc(C)cc3)c2C#Cc2ccc(C)cc2)cc1. The molecule has 6 nitrogen and oxygen atoms in total. The van der Waals surface area contributed by atoms with E-state index in [1.165, 1.54) is 0 Å². The molecule has 0 unspecified atom stereocenters. The Morgan fingerprint density at radius 3 is 0.493 bits per heavy atom. The van der Waals surface area contributed by atoms with Crippen molar-refractivity contribution in [3.8, 4) is 130 Å². The summed E-state index contributed by atoms with van der Waals surface area (Å²) in [5.74, 6) is 72.3. The van der Waals surface area contributed by atoms with E-state index in [1.807, 2.05) is 121 Å². The largest absolute Gasteiger partial charge is 0.491 e. The van der Waals surface area contributed by atoms with Crippen LogP contribution in [0.3, 0.4) is 0 Å². The first-order chi connectivity index (χ1) is 65.4. The summed E-state index contributed by atoms with van der Waals surface area (Å²) >= 11 is 0. The van der Waals surface area contributed by atoms with Crippen LogP contribution in [0.5, 0.6) is 11.5 Å². The molecule has 6 heteroatoms. The van der Waals surface area contributed by atoms with Gasteiger partial charge in [0.05, 0.1) is 68.8 Å². The Morgan fingerprint density at radius 1 is 0.179 bits per heavy atom. The second kappa shape index (κ2) is 52.6. The summed E-state index contributed by atoms with van der Waals surface area (Å²) in [6.07, 6.45) is 18.6. The first-order valence-electron chi connectivity index (χ1n) is 47.5. The van der Waals surface area contributed by atoms with E-state index in [9.17, 15) is 9.59 Å². The Hall–Kier alpha value is -15.2. The number of hydrogen-bond donors (Lipinski definition) is 2. The highest BCUT2D eigenvalue weighted by Gasteiger charge is 2.25. The van der Waals surface area contributed by atoms with Crippen LogP contribution in [0.25, 0.3) is 0 Å². The lowest BCUT2D eigenvalue weighted by Gasteiger charge is -2.17. The predicted molar refractivity (Wildman–Crippen MR) is 554 cm³/mol. The zero-order chi connectivity index (χ0) is 93.9. The maximum Gasteiger partial charge on any atom is 0.219 e. The van der Waals surface area contributed by atoms with E-state index >= 15 is 0 Å². The summed E-state index contributed by atoms with van der Waals surface area (Å²) in [5, 5.41) is 6.23. The first kappa shape index (κ1) is 97.8. The minimum atomic E-state index is 0.0879. The summed E-state index contributed by atoms with van der Waals surface area (Å²) < 4.78 is 14.2. The molecule has 0 atom stereocenters. The summed E-state index contributed by atoms with van der Waals surface area (Å²) in [7, 11) is 0. The lowest BCUT2D eigenvalue weighted by atomic mass is 9.89. The van der Waals surface area contributed by atoms with Gasteiger partial charge in [-0.2, -0.15) is 0 Å². The lowest BCUT2D eigenvalue weighted by molar-refractivity contribution is -0.122. The molecular formula is C128H120N2O4. The molecule has 0 aliphatic rings. The minimum Gasteiger partial charge on any atom is -0.491 e. The third-order valence-electron chi connectivity index (χ3n) is 23.1. The molecule has 0 radical (unpaired) electrons. The molecule has 0 spiro atoms. The van der Waals surface area contributed by atoms with Crippen LogP contribution >= 0.6 is 0 Å². The maximum atomic E-state index is 12.9. The molecule has 0 aromatic heterocycles. The highest BCUT2D eigenvalue weighted by atomic mass is 16.5. The zero-order valence-electron chi connectivity index (χ0n) is 79.7. The van der Waals surface area contributed by atoms with Crippen LogP contribution in [0, 0.1) is 188 Å². The topological polar surface area (TPSA) is 76.7 Å². The lowest BCUT2D eigenvalue weighted by Crippen LogP contribution is -2.27. The average molecular weight is 1750 g/mol. The molecule has 0 saturated heterocycles. The molecule has 0 aliphatic carbocycles. The molecule has 666 valence electrons. The molecule has 0 fully saturated rings.